The van der Waals surface area contributed by atoms with Crippen LogP contribution in [0.5, 0.6) is 11.5 Å². The van der Waals surface area contributed by atoms with Gasteiger partial charge in [0.2, 0.25) is 6.43 Å². The van der Waals surface area contributed by atoms with E-state index in [0.717, 1.165) is 0 Å². The van der Waals surface area contributed by atoms with Gasteiger partial charge in [-0.1, -0.05) is 0 Å². The molecule has 0 aliphatic rings. The Hall–Kier alpha value is -0.110. The summed E-state index contributed by atoms with van der Waals surface area (Å²) in [5, 5.41) is 9.68. The minimum Gasteiger partial charge on any atom is -0.503 e. The van der Waals surface area contributed by atoms with Gasteiger partial charge < -0.3 is 15.6 Å². The van der Waals surface area contributed by atoms with Crippen molar-refractivity contribution in [3.63, 3.8) is 0 Å². The maximum atomic E-state index is 12.3. The van der Waals surface area contributed by atoms with Gasteiger partial charge in [0, 0.05) is 16.9 Å². The molecule has 18 heavy (non-hydrogen) atoms. The first kappa shape index (κ1) is 17.9. The first-order chi connectivity index (χ1) is 7.88. The van der Waals surface area contributed by atoms with Crippen molar-refractivity contribution in [2.45, 2.75) is 18.9 Å². The SMILES string of the molecule is COc1cc([C@@H](N)CC(F)F)c(Br)c(Br)c1O.Cl. The minimum absolute atomic E-state index is 0. The Morgan fingerprint density at radius 3 is 2.39 bits per heavy atom. The molecule has 8 heteroatoms. The summed E-state index contributed by atoms with van der Waals surface area (Å²) in [7, 11) is 1.37. The summed E-state index contributed by atoms with van der Waals surface area (Å²) < 4.78 is 30.3. The van der Waals surface area contributed by atoms with E-state index in [-0.39, 0.29) is 23.9 Å². The van der Waals surface area contributed by atoms with E-state index < -0.39 is 18.9 Å². The van der Waals surface area contributed by atoms with E-state index in [0.29, 0.717) is 14.5 Å². The molecule has 0 bridgehead atoms. The van der Waals surface area contributed by atoms with Gasteiger partial charge in [0.05, 0.1) is 11.6 Å². The third-order valence-corrected chi connectivity index (χ3v) is 4.38. The van der Waals surface area contributed by atoms with E-state index in [2.05, 4.69) is 31.9 Å². The molecular weight excluding hydrogens is 399 g/mol. The molecule has 0 aromatic heterocycles. The summed E-state index contributed by atoms with van der Waals surface area (Å²) in [5.74, 6) is 0.0761. The van der Waals surface area contributed by atoms with Crippen molar-refractivity contribution in [3.05, 3.63) is 20.6 Å². The second-order valence-electron chi connectivity index (χ2n) is 3.38. The lowest BCUT2D eigenvalue weighted by Crippen LogP contribution is -2.15. The van der Waals surface area contributed by atoms with E-state index in [9.17, 15) is 13.9 Å². The predicted molar refractivity (Wildman–Crippen MR) is 74.9 cm³/mol. The van der Waals surface area contributed by atoms with Gasteiger partial charge in [-0.25, -0.2) is 8.78 Å². The molecule has 0 fully saturated rings. The molecule has 3 N–H and O–H groups in total. The lowest BCUT2D eigenvalue weighted by Gasteiger charge is -2.17. The Labute approximate surface area is 126 Å². The first-order valence-electron chi connectivity index (χ1n) is 4.67. The number of hydrogen-bond acceptors (Lipinski definition) is 3. The Balaban J connectivity index is 0.00000289. The summed E-state index contributed by atoms with van der Waals surface area (Å²) in [6.07, 6.45) is -2.95. The summed E-state index contributed by atoms with van der Waals surface area (Å²) in [4.78, 5) is 0. The van der Waals surface area contributed by atoms with Gasteiger partial charge in [0.15, 0.2) is 11.5 Å². The second-order valence-corrected chi connectivity index (χ2v) is 4.96. The monoisotopic (exact) mass is 409 g/mol. The number of hydrogen-bond donors (Lipinski definition) is 2. The normalized spacial score (nSPS) is 12.2. The highest BCUT2D eigenvalue weighted by Gasteiger charge is 2.21. The zero-order chi connectivity index (χ0) is 13.2. The molecule has 0 aliphatic carbocycles. The maximum Gasteiger partial charge on any atom is 0.240 e. The number of ether oxygens (including phenoxy) is 1. The summed E-state index contributed by atoms with van der Waals surface area (Å²) in [6, 6.07) is 0.604. The van der Waals surface area contributed by atoms with Crippen LogP contribution >= 0.6 is 44.3 Å². The van der Waals surface area contributed by atoms with E-state index in [1.807, 2.05) is 0 Å². The minimum atomic E-state index is -2.49. The zero-order valence-electron chi connectivity index (χ0n) is 9.29. The quantitative estimate of drug-likeness (QED) is 0.787. The van der Waals surface area contributed by atoms with Crippen LogP contribution in [0.2, 0.25) is 0 Å². The van der Waals surface area contributed by atoms with E-state index in [1.54, 1.807) is 0 Å². The van der Waals surface area contributed by atoms with Crippen LogP contribution in [0.3, 0.4) is 0 Å². The Morgan fingerprint density at radius 2 is 1.94 bits per heavy atom. The molecule has 1 aromatic carbocycles. The van der Waals surface area contributed by atoms with Crippen molar-refractivity contribution in [1.82, 2.24) is 0 Å². The fourth-order valence-electron chi connectivity index (χ4n) is 1.36. The Kier molecular flexibility index (Phi) is 7.43. The average molecular weight is 411 g/mol. The molecule has 0 amide bonds. The lowest BCUT2D eigenvalue weighted by atomic mass is 10.0. The molecule has 1 rings (SSSR count). The molecular formula is C10H12Br2ClF2NO2. The predicted octanol–water partition coefficient (Wildman–Crippen LogP) is 4.00. The molecule has 0 radical (unpaired) electrons. The average Bonchev–Trinajstić information content (AvgIpc) is 2.25. The van der Waals surface area contributed by atoms with Crippen molar-refractivity contribution in [3.8, 4) is 11.5 Å². The van der Waals surface area contributed by atoms with Crippen LogP contribution < -0.4 is 10.5 Å². The summed E-state index contributed by atoms with van der Waals surface area (Å²) in [6.45, 7) is 0. The number of benzene rings is 1. The first-order valence-corrected chi connectivity index (χ1v) is 6.25. The Bertz CT molecular complexity index is 421. The topological polar surface area (TPSA) is 55.5 Å². The van der Waals surface area contributed by atoms with Gasteiger partial charge in [-0.15, -0.1) is 12.4 Å². The van der Waals surface area contributed by atoms with E-state index in [4.69, 9.17) is 10.5 Å². The number of phenols is 1. The van der Waals surface area contributed by atoms with Crippen molar-refractivity contribution >= 4 is 44.3 Å². The molecule has 0 unspecified atom stereocenters. The van der Waals surface area contributed by atoms with Crippen LogP contribution in [0.4, 0.5) is 8.78 Å². The third-order valence-electron chi connectivity index (χ3n) is 2.23. The largest absolute Gasteiger partial charge is 0.503 e. The van der Waals surface area contributed by atoms with Gasteiger partial charge in [-0.2, -0.15) is 0 Å². The summed E-state index contributed by atoms with van der Waals surface area (Å²) >= 11 is 6.33. The van der Waals surface area contributed by atoms with Crippen LogP contribution in [0.25, 0.3) is 0 Å². The van der Waals surface area contributed by atoms with Crippen molar-refractivity contribution in [1.29, 1.82) is 0 Å². The molecule has 0 saturated heterocycles. The van der Waals surface area contributed by atoms with Gasteiger partial charge in [-0.05, 0) is 43.5 Å². The number of nitrogens with two attached hydrogens (primary N) is 1. The number of rotatable bonds is 4. The molecule has 0 aliphatic heterocycles. The Morgan fingerprint density at radius 1 is 1.39 bits per heavy atom. The number of aromatic hydroxyl groups is 1. The van der Waals surface area contributed by atoms with Gasteiger partial charge in [0.25, 0.3) is 0 Å². The molecule has 104 valence electrons. The molecule has 0 spiro atoms. The van der Waals surface area contributed by atoms with Crippen molar-refractivity contribution in [2.24, 2.45) is 5.73 Å². The van der Waals surface area contributed by atoms with Gasteiger partial charge >= 0.3 is 0 Å². The van der Waals surface area contributed by atoms with Crippen LogP contribution in [0.15, 0.2) is 15.0 Å². The highest BCUT2D eigenvalue weighted by molar-refractivity contribution is 9.13. The lowest BCUT2D eigenvalue weighted by molar-refractivity contribution is 0.128. The van der Waals surface area contributed by atoms with Crippen LogP contribution in [-0.4, -0.2) is 18.6 Å². The van der Waals surface area contributed by atoms with E-state index in [1.165, 1.54) is 13.2 Å². The van der Waals surface area contributed by atoms with Crippen LogP contribution in [0.1, 0.15) is 18.0 Å². The third kappa shape index (κ3) is 3.94. The van der Waals surface area contributed by atoms with Gasteiger partial charge in [-0.3, -0.25) is 0 Å². The van der Waals surface area contributed by atoms with Crippen LogP contribution in [0, 0.1) is 0 Å². The van der Waals surface area contributed by atoms with Crippen LogP contribution in [-0.2, 0) is 0 Å². The number of halogens is 5. The number of alkyl halides is 2. The van der Waals surface area contributed by atoms with Gasteiger partial charge in [0.1, 0.15) is 0 Å². The van der Waals surface area contributed by atoms with Crippen molar-refractivity contribution < 1.29 is 18.6 Å². The second kappa shape index (κ2) is 7.47. The molecule has 3 nitrogen and oxygen atoms in total. The highest BCUT2D eigenvalue weighted by Crippen LogP contribution is 2.43. The zero-order valence-corrected chi connectivity index (χ0v) is 13.3. The van der Waals surface area contributed by atoms with Crippen molar-refractivity contribution in [2.75, 3.05) is 7.11 Å². The molecule has 1 aromatic rings. The standard InChI is InChI=1S/C10H11Br2F2NO2.ClH/c1-17-6-2-4(5(15)3-7(13)14)8(11)9(12)10(6)16;/h2,5,7,16H,3,15H2,1H3;1H/t5-;/m0./s1. The fraction of sp³-hybridized carbons (Fsp3) is 0.400. The van der Waals surface area contributed by atoms with E-state index >= 15 is 0 Å². The fourth-order valence-corrected chi connectivity index (χ4v) is 2.38. The number of phenolic OH excluding ortho intramolecular Hbond substituents is 1. The molecule has 1 atom stereocenters. The summed E-state index contributed by atoms with van der Waals surface area (Å²) in [5.41, 5.74) is 6.12. The highest BCUT2D eigenvalue weighted by atomic mass is 79.9. The molecule has 0 heterocycles. The maximum absolute atomic E-state index is 12.3. The smallest absolute Gasteiger partial charge is 0.240 e. The number of methoxy groups -OCH3 is 1. The molecule has 0 saturated carbocycles.